The number of nitrogens with zero attached hydrogens (tertiary/aromatic N) is 1. The second kappa shape index (κ2) is 5.66. The highest BCUT2D eigenvalue weighted by atomic mass is 32.1. The fourth-order valence-electron chi connectivity index (χ4n) is 1.73. The first-order chi connectivity index (χ1) is 9.08. The largest absolute Gasteiger partial charge is 0.480 e. The third-order valence-corrected chi connectivity index (χ3v) is 3.52. The van der Waals surface area contributed by atoms with Crippen molar-refractivity contribution in [2.75, 3.05) is 13.1 Å². The van der Waals surface area contributed by atoms with Crippen LogP contribution in [0.2, 0.25) is 0 Å². The van der Waals surface area contributed by atoms with Gasteiger partial charge in [0.05, 0.1) is 0 Å². The number of carboxylic acid groups (broad SMARTS) is 1. The Kier molecular flexibility index (Phi) is 3.96. The molecule has 1 aromatic heterocycles. The Labute approximate surface area is 113 Å². The number of amides is 2. The van der Waals surface area contributed by atoms with Gasteiger partial charge in [0.2, 0.25) is 11.8 Å². The second-order valence-corrected chi connectivity index (χ2v) is 4.95. The summed E-state index contributed by atoms with van der Waals surface area (Å²) < 4.78 is 0. The Hall–Kier alpha value is -2.15. The van der Waals surface area contributed by atoms with Crippen molar-refractivity contribution in [2.45, 2.75) is 6.04 Å². The lowest BCUT2D eigenvalue weighted by molar-refractivity contribution is -0.152. The van der Waals surface area contributed by atoms with Crippen molar-refractivity contribution in [3.05, 3.63) is 28.5 Å². The zero-order valence-electron chi connectivity index (χ0n) is 9.91. The van der Waals surface area contributed by atoms with E-state index >= 15 is 0 Å². The molecule has 6 nitrogen and oxygen atoms in total. The van der Waals surface area contributed by atoms with Crippen LogP contribution < -0.4 is 5.32 Å². The Morgan fingerprint density at radius 3 is 2.95 bits per heavy atom. The van der Waals surface area contributed by atoms with Crippen LogP contribution in [0.1, 0.15) is 4.88 Å². The summed E-state index contributed by atoms with van der Waals surface area (Å²) in [6.45, 7) is -0.294. The molecule has 1 atom stereocenters. The molecule has 0 radical (unpaired) electrons. The van der Waals surface area contributed by atoms with Gasteiger partial charge in [-0.05, 0) is 17.5 Å². The van der Waals surface area contributed by atoms with E-state index in [0.717, 1.165) is 9.78 Å². The fourth-order valence-corrected chi connectivity index (χ4v) is 2.35. The maximum absolute atomic E-state index is 12.0. The minimum Gasteiger partial charge on any atom is -0.480 e. The van der Waals surface area contributed by atoms with Crippen LogP contribution in [-0.2, 0) is 14.4 Å². The first-order valence-electron chi connectivity index (χ1n) is 5.59. The van der Waals surface area contributed by atoms with Gasteiger partial charge in [-0.1, -0.05) is 6.07 Å². The third-order valence-electron chi connectivity index (χ3n) is 2.68. The predicted octanol–water partition coefficient (Wildman–Crippen LogP) is 0.173. The average Bonchev–Trinajstić information content (AvgIpc) is 2.88. The highest BCUT2D eigenvalue weighted by Crippen LogP contribution is 2.12. The van der Waals surface area contributed by atoms with Crippen LogP contribution in [0.15, 0.2) is 23.6 Å². The van der Waals surface area contributed by atoms with Crippen molar-refractivity contribution in [1.82, 2.24) is 10.2 Å². The van der Waals surface area contributed by atoms with Crippen LogP contribution in [0, 0.1) is 0 Å². The lowest BCUT2D eigenvalue weighted by atomic mass is 10.2. The molecule has 2 rings (SSSR count). The summed E-state index contributed by atoms with van der Waals surface area (Å²) in [7, 11) is 0. The number of rotatable bonds is 3. The zero-order chi connectivity index (χ0) is 13.8. The molecule has 0 spiro atoms. The van der Waals surface area contributed by atoms with Crippen molar-refractivity contribution in [1.29, 1.82) is 0 Å². The highest BCUT2D eigenvalue weighted by molar-refractivity contribution is 7.10. The van der Waals surface area contributed by atoms with E-state index in [0.29, 0.717) is 0 Å². The summed E-state index contributed by atoms with van der Waals surface area (Å²) >= 11 is 1.47. The first kappa shape index (κ1) is 13.3. The van der Waals surface area contributed by atoms with Crippen molar-refractivity contribution in [3.8, 4) is 0 Å². The van der Waals surface area contributed by atoms with Crippen LogP contribution in [-0.4, -0.2) is 46.9 Å². The van der Waals surface area contributed by atoms with Gasteiger partial charge in [-0.2, -0.15) is 0 Å². The van der Waals surface area contributed by atoms with Crippen molar-refractivity contribution >= 4 is 35.2 Å². The second-order valence-electron chi connectivity index (χ2n) is 3.97. The van der Waals surface area contributed by atoms with Gasteiger partial charge in [-0.3, -0.25) is 9.59 Å². The molecule has 19 heavy (non-hydrogen) atoms. The number of carbonyl (C=O) groups is 3. The summed E-state index contributed by atoms with van der Waals surface area (Å²) in [5.74, 6) is -1.95. The summed E-state index contributed by atoms with van der Waals surface area (Å²) in [4.78, 5) is 36.2. The Morgan fingerprint density at radius 2 is 2.32 bits per heavy atom. The van der Waals surface area contributed by atoms with Crippen molar-refractivity contribution in [3.63, 3.8) is 0 Å². The first-order valence-corrected chi connectivity index (χ1v) is 6.47. The van der Waals surface area contributed by atoms with Crippen molar-refractivity contribution < 1.29 is 19.5 Å². The molecule has 2 N–H and O–H groups in total. The quantitative estimate of drug-likeness (QED) is 0.773. The number of hydrogen-bond donors (Lipinski definition) is 2. The maximum Gasteiger partial charge on any atom is 0.328 e. The standard InChI is InChI=1S/C12H12N2O4S/c15-10-7-14(9(6-13-10)12(17)18)11(16)4-3-8-2-1-5-19-8/h1-5,9H,6-7H2,(H,13,15)(H,17,18)/b4-3+. The minimum absolute atomic E-state index is 0.0627. The number of aliphatic carboxylic acids is 1. The molecule has 1 unspecified atom stereocenters. The minimum atomic E-state index is -1.13. The SMILES string of the molecule is O=C1CN(C(=O)/C=C/c2cccs2)C(C(=O)O)CN1. The number of carbonyl (C=O) groups excluding carboxylic acids is 2. The fraction of sp³-hybridized carbons (Fsp3) is 0.250. The Bertz CT molecular complexity index is 524. The average molecular weight is 280 g/mol. The molecule has 2 heterocycles. The smallest absolute Gasteiger partial charge is 0.328 e. The number of thiophene rings is 1. The van der Waals surface area contributed by atoms with Crippen LogP contribution >= 0.6 is 11.3 Å². The molecule has 1 fully saturated rings. The maximum atomic E-state index is 12.0. The highest BCUT2D eigenvalue weighted by Gasteiger charge is 2.34. The summed E-state index contributed by atoms with van der Waals surface area (Å²) in [6.07, 6.45) is 2.90. The summed E-state index contributed by atoms with van der Waals surface area (Å²) in [5, 5.41) is 13.3. The Morgan fingerprint density at radius 1 is 1.53 bits per heavy atom. The molecule has 2 amide bonds. The van der Waals surface area contributed by atoms with E-state index in [2.05, 4.69) is 5.32 Å². The number of nitrogens with one attached hydrogen (secondary N) is 1. The van der Waals surface area contributed by atoms with Gasteiger partial charge in [-0.25, -0.2) is 4.79 Å². The molecule has 0 saturated carbocycles. The summed E-state index contributed by atoms with van der Waals surface area (Å²) in [5.41, 5.74) is 0. The molecular weight excluding hydrogens is 268 g/mol. The third kappa shape index (κ3) is 3.19. The number of piperazine rings is 1. The monoisotopic (exact) mass is 280 g/mol. The molecular formula is C12H12N2O4S. The van der Waals surface area contributed by atoms with Gasteiger partial charge in [0.1, 0.15) is 12.6 Å². The lowest BCUT2D eigenvalue weighted by Gasteiger charge is -2.31. The topological polar surface area (TPSA) is 86.7 Å². The number of hydrogen-bond acceptors (Lipinski definition) is 4. The summed E-state index contributed by atoms with van der Waals surface area (Å²) in [6, 6.07) is 2.67. The van der Waals surface area contributed by atoms with E-state index in [4.69, 9.17) is 5.11 Å². The van der Waals surface area contributed by atoms with Crippen LogP contribution in [0.5, 0.6) is 0 Å². The molecule has 0 bridgehead atoms. The zero-order valence-corrected chi connectivity index (χ0v) is 10.7. The molecule has 1 aliphatic heterocycles. The molecule has 1 aromatic rings. The van der Waals surface area contributed by atoms with Gasteiger partial charge in [0, 0.05) is 17.5 Å². The van der Waals surface area contributed by atoms with E-state index in [1.807, 2.05) is 17.5 Å². The Balaban J connectivity index is 2.10. The molecule has 0 aliphatic carbocycles. The van der Waals surface area contributed by atoms with E-state index in [1.165, 1.54) is 17.4 Å². The molecule has 1 aliphatic rings. The van der Waals surface area contributed by atoms with Gasteiger partial charge in [0.25, 0.3) is 0 Å². The van der Waals surface area contributed by atoms with Gasteiger partial charge < -0.3 is 15.3 Å². The molecule has 7 heteroatoms. The van der Waals surface area contributed by atoms with Gasteiger partial charge >= 0.3 is 5.97 Å². The van der Waals surface area contributed by atoms with E-state index in [-0.39, 0.29) is 19.0 Å². The van der Waals surface area contributed by atoms with Crippen molar-refractivity contribution in [2.24, 2.45) is 0 Å². The van der Waals surface area contributed by atoms with Crippen LogP contribution in [0.3, 0.4) is 0 Å². The van der Waals surface area contributed by atoms with E-state index < -0.39 is 17.9 Å². The normalized spacial score (nSPS) is 19.5. The van der Waals surface area contributed by atoms with Crippen LogP contribution in [0.4, 0.5) is 0 Å². The van der Waals surface area contributed by atoms with Gasteiger partial charge in [-0.15, -0.1) is 11.3 Å². The van der Waals surface area contributed by atoms with E-state index in [1.54, 1.807) is 6.08 Å². The molecule has 100 valence electrons. The molecule has 1 saturated heterocycles. The van der Waals surface area contributed by atoms with E-state index in [9.17, 15) is 14.4 Å². The lowest BCUT2D eigenvalue weighted by Crippen LogP contribution is -2.59. The molecule has 0 aromatic carbocycles. The number of carboxylic acids is 1. The predicted molar refractivity (Wildman–Crippen MR) is 69.5 cm³/mol. The van der Waals surface area contributed by atoms with Gasteiger partial charge in [0.15, 0.2) is 0 Å². The van der Waals surface area contributed by atoms with Crippen LogP contribution in [0.25, 0.3) is 6.08 Å².